The first-order valence-electron chi connectivity index (χ1n) is 7.34. The Balaban J connectivity index is 1.61. The lowest BCUT2D eigenvalue weighted by atomic mass is 9.75. The zero-order valence-corrected chi connectivity index (χ0v) is 10.4. The summed E-state index contributed by atoms with van der Waals surface area (Å²) in [7, 11) is 0. The van der Waals surface area contributed by atoms with Gasteiger partial charge in [0.15, 0.2) is 0 Å². The van der Waals surface area contributed by atoms with Crippen molar-refractivity contribution in [2.75, 3.05) is 13.1 Å². The van der Waals surface area contributed by atoms with E-state index in [0.29, 0.717) is 6.04 Å². The van der Waals surface area contributed by atoms with Gasteiger partial charge in [0, 0.05) is 18.6 Å². The number of nitrogens with two attached hydrogens (primary N) is 1. The lowest BCUT2D eigenvalue weighted by Crippen LogP contribution is -2.51. The zero-order chi connectivity index (χ0) is 11.0. The predicted octanol–water partition coefficient (Wildman–Crippen LogP) is 2.38. The van der Waals surface area contributed by atoms with Crippen LogP contribution >= 0.6 is 0 Å². The van der Waals surface area contributed by atoms with Crippen LogP contribution in [0.15, 0.2) is 0 Å². The first-order chi connectivity index (χ1) is 7.84. The Morgan fingerprint density at radius 2 is 1.62 bits per heavy atom. The number of fused-ring (bicyclic) bond motifs is 1. The lowest BCUT2D eigenvalue weighted by Gasteiger charge is -2.44. The number of hydrogen-bond donors (Lipinski definition) is 1. The van der Waals surface area contributed by atoms with Crippen LogP contribution in [0.4, 0.5) is 0 Å². The molecule has 3 fully saturated rings. The van der Waals surface area contributed by atoms with Crippen molar-refractivity contribution in [1.29, 1.82) is 0 Å². The summed E-state index contributed by atoms with van der Waals surface area (Å²) in [5.74, 6) is 2.07. The first kappa shape index (κ1) is 11.0. The van der Waals surface area contributed by atoms with E-state index in [1.165, 1.54) is 64.5 Å². The monoisotopic (exact) mass is 222 g/mol. The molecule has 2 N–H and O–H groups in total. The van der Waals surface area contributed by atoms with E-state index >= 15 is 0 Å². The maximum Gasteiger partial charge on any atom is 0.0247 e. The summed E-state index contributed by atoms with van der Waals surface area (Å²) in [4.78, 5) is 2.74. The molecule has 92 valence electrons. The largest absolute Gasteiger partial charge is 0.326 e. The number of rotatable bonds is 1. The molecular formula is C14H26N2. The highest BCUT2D eigenvalue weighted by Gasteiger charge is 2.36. The summed E-state index contributed by atoms with van der Waals surface area (Å²) in [6.45, 7) is 2.70. The van der Waals surface area contributed by atoms with Crippen molar-refractivity contribution < 1.29 is 0 Å². The molecule has 0 aromatic heterocycles. The second-order valence-electron chi connectivity index (χ2n) is 6.25. The van der Waals surface area contributed by atoms with Gasteiger partial charge < -0.3 is 5.73 Å². The predicted molar refractivity (Wildman–Crippen MR) is 67.3 cm³/mol. The van der Waals surface area contributed by atoms with Crippen LogP contribution in [0.1, 0.15) is 51.4 Å². The van der Waals surface area contributed by atoms with Crippen molar-refractivity contribution in [2.45, 2.75) is 63.5 Å². The zero-order valence-electron chi connectivity index (χ0n) is 10.4. The van der Waals surface area contributed by atoms with Gasteiger partial charge in [0.05, 0.1) is 0 Å². The molecule has 2 nitrogen and oxygen atoms in total. The van der Waals surface area contributed by atoms with Gasteiger partial charge in [0.2, 0.25) is 0 Å². The van der Waals surface area contributed by atoms with E-state index in [9.17, 15) is 0 Å². The quantitative estimate of drug-likeness (QED) is 0.738. The molecule has 2 heteroatoms. The van der Waals surface area contributed by atoms with Crippen LogP contribution in [0.2, 0.25) is 0 Å². The van der Waals surface area contributed by atoms with Crippen LogP contribution in [0.25, 0.3) is 0 Å². The van der Waals surface area contributed by atoms with E-state index in [-0.39, 0.29) is 0 Å². The van der Waals surface area contributed by atoms with Gasteiger partial charge in [-0.05, 0) is 44.1 Å². The molecule has 2 saturated carbocycles. The van der Waals surface area contributed by atoms with Crippen molar-refractivity contribution in [3.8, 4) is 0 Å². The van der Waals surface area contributed by atoms with Gasteiger partial charge in [-0.15, -0.1) is 0 Å². The van der Waals surface area contributed by atoms with Gasteiger partial charge in [-0.1, -0.05) is 25.7 Å². The molecule has 4 atom stereocenters. The molecule has 0 bridgehead atoms. The third-order valence-electron chi connectivity index (χ3n) is 5.32. The highest BCUT2D eigenvalue weighted by atomic mass is 15.2. The van der Waals surface area contributed by atoms with Gasteiger partial charge in [-0.2, -0.15) is 0 Å². The van der Waals surface area contributed by atoms with Crippen LogP contribution in [0.5, 0.6) is 0 Å². The van der Waals surface area contributed by atoms with E-state index in [0.717, 1.165) is 17.9 Å². The summed E-state index contributed by atoms with van der Waals surface area (Å²) >= 11 is 0. The molecule has 0 spiro atoms. The SMILES string of the molecule is NC1CCCC1N1CCC2CCCCC2C1. The fraction of sp³-hybridized carbons (Fsp3) is 1.00. The maximum absolute atomic E-state index is 6.24. The second-order valence-corrected chi connectivity index (χ2v) is 6.25. The molecular weight excluding hydrogens is 196 g/mol. The number of piperidine rings is 1. The lowest BCUT2D eigenvalue weighted by molar-refractivity contribution is 0.0539. The van der Waals surface area contributed by atoms with Crippen molar-refractivity contribution in [1.82, 2.24) is 4.90 Å². The Labute approximate surface area is 99.6 Å². The minimum Gasteiger partial charge on any atom is -0.326 e. The number of likely N-dealkylation sites (tertiary alicyclic amines) is 1. The Morgan fingerprint density at radius 3 is 2.38 bits per heavy atom. The summed E-state index contributed by atoms with van der Waals surface area (Å²) in [5.41, 5.74) is 6.24. The highest BCUT2D eigenvalue weighted by molar-refractivity contribution is 4.92. The second kappa shape index (κ2) is 4.66. The van der Waals surface area contributed by atoms with E-state index < -0.39 is 0 Å². The molecule has 0 amide bonds. The average molecular weight is 222 g/mol. The molecule has 0 aromatic carbocycles. The van der Waals surface area contributed by atoms with Crippen LogP contribution < -0.4 is 5.73 Å². The van der Waals surface area contributed by atoms with Gasteiger partial charge in [-0.25, -0.2) is 0 Å². The third-order valence-corrected chi connectivity index (χ3v) is 5.32. The first-order valence-corrected chi connectivity index (χ1v) is 7.34. The smallest absolute Gasteiger partial charge is 0.0247 e. The summed E-state index contributed by atoms with van der Waals surface area (Å²) < 4.78 is 0. The molecule has 1 heterocycles. The Kier molecular flexibility index (Phi) is 3.21. The summed E-state index contributed by atoms with van der Waals surface area (Å²) in [5, 5.41) is 0. The maximum atomic E-state index is 6.24. The fourth-order valence-electron chi connectivity index (χ4n) is 4.35. The normalized spacial score (nSPS) is 45.6. The molecule has 1 saturated heterocycles. The molecule has 16 heavy (non-hydrogen) atoms. The van der Waals surface area contributed by atoms with Gasteiger partial charge in [0.25, 0.3) is 0 Å². The van der Waals surface area contributed by atoms with E-state index in [4.69, 9.17) is 5.73 Å². The van der Waals surface area contributed by atoms with Crippen LogP contribution in [-0.4, -0.2) is 30.1 Å². The average Bonchev–Trinajstić information content (AvgIpc) is 2.75. The van der Waals surface area contributed by atoms with E-state index in [1.54, 1.807) is 0 Å². The summed E-state index contributed by atoms with van der Waals surface area (Å²) in [6.07, 6.45) is 11.4. The van der Waals surface area contributed by atoms with Crippen LogP contribution in [0.3, 0.4) is 0 Å². The van der Waals surface area contributed by atoms with Gasteiger partial charge in [-0.3, -0.25) is 4.90 Å². The standard InChI is InChI=1S/C14H26N2/c15-13-6-3-7-14(13)16-9-8-11-4-1-2-5-12(11)10-16/h11-14H,1-10,15H2. The molecule has 4 unspecified atom stereocenters. The highest BCUT2D eigenvalue weighted by Crippen LogP contribution is 2.38. The van der Waals surface area contributed by atoms with Crippen molar-refractivity contribution in [3.05, 3.63) is 0 Å². The molecule has 2 aliphatic carbocycles. The molecule has 3 aliphatic rings. The van der Waals surface area contributed by atoms with Crippen LogP contribution in [0, 0.1) is 11.8 Å². The van der Waals surface area contributed by atoms with Crippen molar-refractivity contribution in [2.24, 2.45) is 17.6 Å². The van der Waals surface area contributed by atoms with E-state index in [1.807, 2.05) is 0 Å². The fourth-order valence-corrected chi connectivity index (χ4v) is 4.35. The Morgan fingerprint density at radius 1 is 0.812 bits per heavy atom. The number of nitrogens with zero attached hydrogens (tertiary/aromatic N) is 1. The van der Waals surface area contributed by atoms with Gasteiger partial charge >= 0.3 is 0 Å². The Hall–Kier alpha value is -0.0800. The van der Waals surface area contributed by atoms with Crippen molar-refractivity contribution in [3.63, 3.8) is 0 Å². The minimum atomic E-state index is 0.472. The summed E-state index contributed by atoms with van der Waals surface area (Å²) in [6, 6.07) is 1.20. The Bertz CT molecular complexity index is 241. The third kappa shape index (κ3) is 2.02. The minimum absolute atomic E-state index is 0.472. The molecule has 3 rings (SSSR count). The van der Waals surface area contributed by atoms with Crippen molar-refractivity contribution >= 4 is 0 Å². The van der Waals surface area contributed by atoms with E-state index in [2.05, 4.69) is 4.90 Å². The number of hydrogen-bond acceptors (Lipinski definition) is 2. The molecule has 1 aliphatic heterocycles. The van der Waals surface area contributed by atoms with Crippen LogP contribution in [-0.2, 0) is 0 Å². The topological polar surface area (TPSA) is 29.3 Å². The van der Waals surface area contributed by atoms with Gasteiger partial charge in [0.1, 0.15) is 0 Å². The molecule has 0 radical (unpaired) electrons. The molecule has 0 aromatic rings.